The van der Waals surface area contributed by atoms with Crippen LogP contribution >= 0.6 is 0 Å². The van der Waals surface area contributed by atoms with Crippen LogP contribution in [0.5, 0.6) is 0 Å². The zero-order valence-corrected chi connectivity index (χ0v) is 49.0. The average Bonchev–Trinajstić information content (AvgIpc) is 3.42. The maximum atomic E-state index is 12.8. The summed E-state index contributed by atoms with van der Waals surface area (Å²) in [5.41, 5.74) is 0. The largest absolute Gasteiger partial charge is 0.462 e. The number of hydrogen-bond acceptors (Lipinski definition) is 6. The molecule has 0 fully saturated rings. The predicted molar refractivity (Wildman–Crippen MR) is 329 cm³/mol. The molecule has 0 heterocycles. The van der Waals surface area contributed by atoms with Crippen LogP contribution in [0.2, 0.25) is 0 Å². The number of carbonyl (C=O) groups is 3. The van der Waals surface area contributed by atoms with Gasteiger partial charge in [-0.3, -0.25) is 14.4 Å². The Morgan fingerprint density at radius 2 is 0.513 bits per heavy atom. The number of allylic oxidation sites excluding steroid dienone is 24. The van der Waals surface area contributed by atoms with E-state index in [-0.39, 0.29) is 31.1 Å². The zero-order chi connectivity index (χ0) is 55.0. The molecule has 1 unspecified atom stereocenters. The number of hydrogen-bond donors (Lipinski definition) is 0. The molecule has 6 heteroatoms. The normalized spacial score (nSPS) is 13.1. The Morgan fingerprint density at radius 3 is 0.803 bits per heavy atom. The van der Waals surface area contributed by atoms with Gasteiger partial charge < -0.3 is 14.2 Å². The first-order chi connectivity index (χ1) is 37.5. The van der Waals surface area contributed by atoms with Gasteiger partial charge >= 0.3 is 17.9 Å². The van der Waals surface area contributed by atoms with Gasteiger partial charge in [0.2, 0.25) is 0 Å². The SMILES string of the molecule is CC/C=C\C/C=C\C/C=C\C/C=C\C/C=C\C/C=C\C/C=C\C/C=C\CCCCCCCCC(=O)OCC(COC(=O)CCCCCCCC)OC(=O)CCCCCCCCCC/C=C\C/C=C\C/C=C\C/C=C\CC. The van der Waals surface area contributed by atoms with Gasteiger partial charge in [-0.15, -0.1) is 0 Å². The van der Waals surface area contributed by atoms with E-state index in [0.29, 0.717) is 19.3 Å². The van der Waals surface area contributed by atoms with Crippen LogP contribution in [0.25, 0.3) is 0 Å². The second-order valence-electron chi connectivity index (χ2n) is 19.9. The number of ether oxygens (including phenoxy) is 3. The molecule has 0 rings (SSSR count). The smallest absolute Gasteiger partial charge is 0.306 e. The van der Waals surface area contributed by atoms with Crippen LogP contribution in [0.4, 0.5) is 0 Å². The summed E-state index contributed by atoms with van der Waals surface area (Å²) in [6.45, 7) is 6.33. The molecule has 0 radical (unpaired) electrons. The van der Waals surface area contributed by atoms with Crippen molar-refractivity contribution in [2.75, 3.05) is 13.2 Å². The van der Waals surface area contributed by atoms with Gasteiger partial charge in [0, 0.05) is 19.3 Å². The summed E-state index contributed by atoms with van der Waals surface area (Å²) < 4.78 is 16.8. The van der Waals surface area contributed by atoms with Crippen molar-refractivity contribution in [2.45, 2.75) is 264 Å². The molecule has 0 aliphatic rings. The van der Waals surface area contributed by atoms with Crippen molar-refractivity contribution in [1.29, 1.82) is 0 Å². The lowest BCUT2D eigenvalue weighted by atomic mass is 10.1. The van der Waals surface area contributed by atoms with Gasteiger partial charge in [-0.25, -0.2) is 0 Å². The summed E-state index contributed by atoms with van der Waals surface area (Å²) in [4.78, 5) is 38.0. The number of esters is 3. The molecule has 0 saturated heterocycles. The Hall–Kier alpha value is -4.71. The summed E-state index contributed by atoms with van der Waals surface area (Å²) >= 11 is 0. The predicted octanol–water partition coefficient (Wildman–Crippen LogP) is 21.2. The molecule has 6 nitrogen and oxygen atoms in total. The van der Waals surface area contributed by atoms with E-state index in [0.717, 1.165) is 154 Å². The van der Waals surface area contributed by atoms with E-state index in [2.05, 4.69) is 167 Å². The summed E-state index contributed by atoms with van der Waals surface area (Å²) in [6, 6.07) is 0. The summed E-state index contributed by atoms with van der Waals surface area (Å²) in [7, 11) is 0. The van der Waals surface area contributed by atoms with E-state index in [1.807, 2.05) is 0 Å². The van der Waals surface area contributed by atoms with E-state index in [9.17, 15) is 14.4 Å². The average molecular weight is 1050 g/mol. The molecule has 0 aromatic carbocycles. The zero-order valence-electron chi connectivity index (χ0n) is 49.0. The number of carbonyl (C=O) groups excluding carboxylic acids is 3. The maximum Gasteiger partial charge on any atom is 0.306 e. The van der Waals surface area contributed by atoms with Crippen molar-refractivity contribution in [2.24, 2.45) is 0 Å². The van der Waals surface area contributed by atoms with Crippen LogP contribution in [-0.4, -0.2) is 37.2 Å². The highest BCUT2D eigenvalue weighted by Gasteiger charge is 2.19. The van der Waals surface area contributed by atoms with Gasteiger partial charge in [0.1, 0.15) is 13.2 Å². The fourth-order valence-electron chi connectivity index (χ4n) is 8.04. The van der Waals surface area contributed by atoms with Gasteiger partial charge in [0.05, 0.1) is 0 Å². The highest BCUT2D eigenvalue weighted by atomic mass is 16.6. The van der Waals surface area contributed by atoms with E-state index < -0.39 is 6.10 Å². The Bertz CT molecular complexity index is 1680. The first-order valence-electron chi connectivity index (χ1n) is 30.8. The van der Waals surface area contributed by atoms with Gasteiger partial charge in [0.15, 0.2) is 6.10 Å². The Balaban J connectivity index is 4.19. The molecule has 0 amide bonds. The van der Waals surface area contributed by atoms with Crippen LogP contribution in [0.15, 0.2) is 146 Å². The molecule has 0 aromatic rings. The molecule has 0 aliphatic carbocycles. The third kappa shape index (κ3) is 60.2. The Kier molecular flexibility index (Phi) is 58.9. The van der Waals surface area contributed by atoms with Crippen molar-refractivity contribution in [3.8, 4) is 0 Å². The molecular formula is C70H112O6. The minimum Gasteiger partial charge on any atom is -0.462 e. The van der Waals surface area contributed by atoms with Crippen LogP contribution in [0, 0.1) is 0 Å². The van der Waals surface area contributed by atoms with Crippen LogP contribution < -0.4 is 0 Å². The molecule has 1 atom stereocenters. The topological polar surface area (TPSA) is 78.9 Å². The van der Waals surface area contributed by atoms with Crippen molar-refractivity contribution in [3.63, 3.8) is 0 Å². The molecule has 0 saturated carbocycles. The lowest BCUT2D eigenvalue weighted by Crippen LogP contribution is -2.30. The first kappa shape index (κ1) is 71.3. The lowest BCUT2D eigenvalue weighted by molar-refractivity contribution is -0.167. The fourth-order valence-corrected chi connectivity index (χ4v) is 8.04. The molecule has 0 spiro atoms. The third-order valence-corrected chi connectivity index (χ3v) is 12.6. The number of rotatable bonds is 54. The van der Waals surface area contributed by atoms with E-state index in [4.69, 9.17) is 14.2 Å². The molecule has 0 N–H and O–H groups in total. The van der Waals surface area contributed by atoms with E-state index in [1.165, 1.54) is 64.2 Å². The Labute approximate surface area is 467 Å². The van der Waals surface area contributed by atoms with Crippen molar-refractivity contribution >= 4 is 17.9 Å². The van der Waals surface area contributed by atoms with Crippen molar-refractivity contribution < 1.29 is 28.6 Å². The minimum absolute atomic E-state index is 0.0903. The van der Waals surface area contributed by atoms with Crippen LogP contribution in [0.1, 0.15) is 258 Å². The van der Waals surface area contributed by atoms with Gasteiger partial charge in [-0.05, 0) is 122 Å². The maximum absolute atomic E-state index is 12.8. The molecule has 76 heavy (non-hydrogen) atoms. The molecule has 428 valence electrons. The van der Waals surface area contributed by atoms with Crippen molar-refractivity contribution in [3.05, 3.63) is 146 Å². The summed E-state index contributed by atoms with van der Waals surface area (Å²) in [5.74, 6) is -0.927. The summed E-state index contributed by atoms with van der Waals surface area (Å²) in [6.07, 6.45) is 90.2. The van der Waals surface area contributed by atoms with Gasteiger partial charge in [-0.2, -0.15) is 0 Å². The van der Waals surface area contributed by atoms with Gasteiger partial charge in [0.25, 0.3) is 0 Å². The highest BCUT2D eigenvalue weighted by Crippen LogP contribution is 2.14. The molecule has 0 aliphatic heterocycles. The fraction of sp³-hybridized carbons (Fsp3) is 0.614. The second-order valence-corrected chi connectivity index (χ2v) is 19.9. The van der Waals surface area contributed by atoms with E-state index in [1.54, 1.807) is 0 Å². The standard InChI is InChI=1S/C70H112O6/c1-4-7-10-13-16-18-20-22-24-26-28-30-31-32-33-34-35-36-37-38-39-41-42-44-46-48-50-52-54-57-60-63-69(72)75-66-67(65-74-68(71)62-59-56-15-12-9-6-3)76-70(73)64-61-58-55-53-51-49-47-45-43-40-29-27-25-23-21-19-17-14-11-8-5-2/h7-8,10-11,16-19,22-25,28-30,32-33,35-36,38-40,42,44,67H,4-6,9,12-15,20-21,26-27,31,34,37,41,43,45-66H2,1-3H3/b10-7-,11-8-,18-16-,19-17-,24-22-,25-23-,30-28-,33-32-,36-35-,39-38-,40-29-,44-42-. The molecule has 0 bridgehead atoms. The minimum atomic E-state index is -0.792. The second kappa shape index (κ2) is 62.8. The lowest BCUT2D eigenvalue weighted by Gasteiger charge is -2.18. The van der Waals surface area contributed by atoms with Crippen molar-refractivity contribution in [1.82, 2.24) is 0 Å². The van der Waals surface area contributed by atoms with E-state index >= 15 is 0 Å². The van der Waals surface area contributed by atoms with Crippen LogP contribution in [-0.2, 0) is 28.6 Å². The third-order valence-electron chi connectivity index (χ3n) is 12.6. The molecular weight excluding hydrogens is 937 g/mol. The Morgan fingerprint density at radius 1 is 0.276 bits per heavy atom. The first-order valence-corrected chi connectivity index (χ1v) is 30.8. The summed E-state index contributed by atoms with van der Waals surface area (Å²) in [5, 5.41) is 0. The van der Waals surface area contributed by atoms with Crippen LogP contribution in [0.3, 0.4) is 0 Å². The quantitative estimate of drug-likeness (QED) is 0.0261. The monoisotopic (exact) mass is 1050 g/mol. The van der Waals surface area contributed by atoms with Gasteiger partial charge in [-0.1, -0.05) is 263 Å². The highest BCUT2D eigenvalue weighted by molar-refractivity contribution is 5.71. The molecule has 0 aromatic heterocycles. The number of unbranched alkanes of at least 4 members (excludes halogenated alkanes) is 19.